The molecule has 0 saturated heterocycles. The summed E-state index contributed by atoms with van der Waals surface area (Å²) in [6, 6.07) is 5.12. The minimum Gasteiger partial charge on any atom is -0.480 e. The van der Waals surface area contributed by atoms with Crippen LogP contribution in [0.15, 0.2) is 18.2 Å². The SMILES string of the molecule is Cc1ccc(C)c(-c2nnnn2C(C)C(=O)O)c1. The third kappa shape index (κ3) is 2.09. The lowest BCUT2D eigenvalue weighted by Crippen LogP contribution is -2.18. The molecule has 0 aliphatic heterocycles. The molecule has 1 atom stereocenters. The molecule has 2 aromatic rings. The van der Waals surface area contributed by atoms with Crippen LogP contribution in [-0.2, 0) is 4.79 Å². The molecule has 1 N–H and O–H groups in total. The maximum absolute atomic E-state index is 11.0. The molecule has 0 fully saturated rings. The molecule has 0 bridgehead atoms. The maximum Gasteiger partial charge on any atom is 0.328 e. The number of benzene rings is 1. The van der Waals surface area contributed by atoms with Crippen LogP contribution in [0.2, 0.25) is 0 Å². The summed E-state index contributed by atoms with van der Waals surface area (Å²) in [5.41, 5.74) is 2.94. The molecule has 0 saturated carbocycles. The molecular weight excluding hydrogens is 232 g/mol. The molecule has 0 aliphatic rings. The summed E-state index contributed by atoms with van der Waals surface area (Å²) in [7, 11) is 0. The maximum atomic E-state index is 11.0. The monoisotopic (exact) mass is 246 g/mol. The van der Waals surface area contributed by atoms with Crippen LogP contribution in [0.1, 0.15) is 24.1 Å². The van der Waals surface area contributed by atoms with Crippen LogP contribution < -0.4 is 0 Å². The van der Waals surface area contributed by atoms with Gasteiger partial charge in [0.15, 0.2) is 11.9 Å². The van der Waals surface area contributed by atoms with E-state index >= 15 is 0 Å². The van der Waals surface area contributed by atoms with Crippen LogP contribution in [-0.4, -0.2) is 31.3 Å². The summed E-state index contributed by atoms with van der Waals surface area (Å²) in [5.74, 6) is -0.486. The van der Waals surface area contributed by atoms with Crippen molar-refractivity contribution >= 4 is 5.97 Å². The smallest absolute Gasteiger partial charge is 0.328 e. The summed E-state index contributed by atoms with van der Waals surface area (Å²) in [6.07, 6.45) is 0. The van der Waals surface area contributed by atoms with E-state index in [4.69, 9.17) is 5.11 Å². The van der Waals surface area contributed by atoms with E-state index < -0.39 is 12.0 Å². The van der Waals surface area contributed by atoms with Crippen LogP contribution >= 0.6 is 0 Å². The van der Waals surface area contributed by atoms with E-state index in [-0.39, 0.29) is 0 Å². The minimum absolute atomic E-state index is 0.478. The summed E-state index contributed by atoms with van der Waals surface area (Å²) in [4.78, 5) is 11.0. The lowest BCUT2D eigenvalue weighted by atomic mass is 10.0. The number of aryl methyl sites for hydroxylation is 2. The third-order valence-electron chi connectivity index (χ3n) is 2.85. The van der Waals surface area contributed by atoms with Crippen molar-refractivity contribution in [3.05, 3.63) is 29.3 Å². The molecule has 0 aliphatic carbocycles. The number of hydrogen-bond acceptors (Lipinski definition) is 4. The molecule has 1 aromatic carbocycles. The van der Waals surface area contributed by atoms with Gasteiger partial charge >= 0.3 is 5.97 Å². The first-order valence-corrected chi connectivity index (χ1v) is 5.59. The van der Waals surface area contributed by atoms with Gasteiger partial charge < -0.3 is 5.11 Å². The fourth-order valence-electron chi connectivity index (χ4n) is 1.71. The average Bonchev–Trinajstić information content (AvgIpc) is 2.80. The molecule has 0 radical (unpaired) electrons. The van der Waals surface area contributed by atoms with E-state index in [2.05, 4.69) is 15.5 Å². The van der Waals surface area contributed by atoms with Crippen molar-refractivity contribution in [3.63, 3.8) is 0 Å². The highest BCUT2D eigenvalue weighted by molar-refractivity contribution is 5.72. The van der Waals surface area contributed by atoms with Crippen molar-refractivity contribution < 1.29 is 9.90 Å². The molecule has 6 nitrogen and oxygen atoms in total. The Morgan fingerprint density at radius 3 is 2.78 bits per heavy atom. The number of tetrazole rings is 1. The van der Waals surface area contributed by atoms with Gasteiger partial charge in [-0.25, -0.2) is 9.48 Å². The number of hydrogen-bond donors (Lipinski definition) is 1. The average molecular weight is 246 g/mol. The number of carboxylic acid groups (broad SMARTS) is 1. The van der Waals surface area contributed by atoms with E-state index in [1.165, 1.54) is 4.68 Å². The van der Waals surface area contributed by atoms with Gasteiger partial charge in [0.2, 0.25) is 0 Å². The van der Waals surface area contributed by atoms with Gasteiger partial charge in [-0.3, -0.25) is 0 Å². The quantitative estimate of drug-likeness (QED) is 0.889. The molecule has 18 heavy (non-hydrogen) atoms. The Balaban J connectivity index is 2.55. The third-order valence-corrected chi connectivity index (χ3v) is 2.85. The zero-order valence-electron chi connectivity index (χ0n) is 10.5. The normalized spacial score (nSPS) is 12.4. The Morgan fingerprint density at radius 1 is 1.39 bits per heavy atom. The Bertz CT molecular complexity index is 592. The van der Waals surface area contributed by atoms with E-state index in [9.17, 15) is 4.79 Å². The number of rotatable bonds is 3. The molecule has 1 aromatic heterocycles. The standard InChI is InChI=1S/C12H14N4O2/c1-7-4-5-8(2)10(6-7)11-13-14-15-16(11)9(3)12(17)18/h4-6,9H,1-3H3,(H,17,18). The van der Waals surface area contributed by atoms with Gasteiger partial charge in [-0.05, 0) is 42.8 Å². The molecule has 1 heterocycles. The first-order chi connectivity index (χ1) is 8.50. The van der Waals surface area contributed by atoms with Gasteiger partial charge in [0, 0.05) is 5.56 Å². The van der Waals surface area contributed by atoms with E-state index in [1.807, 2.05) is 32.0 Å². The molecule has 1 unspecified atom stereocenters. The second kappa shape index (κ2) is 4.56. The van der Waals surface area contributed by atoms with Crippen LogP contribution in [0.5, 0.6) is 0 Å². The number of carbonyl (C=O) groups is 1. The highest BCUT2D eigenvalue weighted by atomic mass is 16.4. The number of carboxylic acids is 1. The number of nitrogens with zero attached hydrogens (tertiary/aromatic N) is 4. The van der Waals surface area contributed by atoms with Crippen LogP contribution in [0.25, 0.3) is 11.4 Å². The van der Waals surface area contributed by atoms with Gasteiger partial charge in [-0.15, -0.1) is 5.10 Å². The van der Waals surface area contributed by atoms with Crippen molar-refractivity contribution in [1.82, 2.24) is 20.2 Å². The number of aliphatic carboxylic acids is 1. The second-order valence-corrected chi connectivity index (χ2v) is 4.28. The lowest BCUT2D eigenvalue weighted by Gasteiger charge is -2.10. The minimum atomic E-state index is -0.964. The largest absolute Gasteiger partial charge is 0.480 e. The van der Waals surface area contributed by atoms with E-state index in [0.29, 0.717) is 5.82 Å². The van der Waals surface area contributed by atoms with Crippen LogP contribution in [0, 0.1) is 13.8 Å². The van der Waals surface area contributed by atoms with Crippen molar-refractivity contribution in [1.29, 1.82) is 0 Å². The molecule has 0 amide bonds. The summed E-state index contributed by atoms with van der Waals surface area (Å²) < 4.78 is 1.32. The zero-order chi connectivity index (χ0) is 13.3. The van der Waals surface area contributed by atoms with E-state index in [1.54, 1.807) is 6.92 Å². The van der Waals surface area contributed by atoms with Gasteiger partial charge in [0.1, 0.15) is 0 Å². The van der Waals surface area contributed by atoms with Crippen LogP contribution in [0.4, 0.5) is 0 Å². The highest BCUT2D eigenvalue weighted by Gasteiger charge is 2.21. The van der Waals surface area contributed by atoms with Crippen LogP contribution in [0.3, 0.4) is 0 Å². The first-order valence-electron chi connectivity index (χ1n) is 5.59. The van der Waals surface area contributed by atoms with Gasteiger partial charge in [-0.1, -0.05) is 17.7 Å². The second-order valence-electron chi connectivity index (χ2n) is 4.28. The molecule has 0 spiro atoms. The van der Waals surface area contributed by atoms with Crippen molar-refractivity contribution in [3.8, 4) is 11.4 Å². The van der Waals surface area contributed by atoms with Gasteiger partial charge in [-0.2, -0.15) is 0 Å². The van der Waals surface area contributed by atoms with Crippen molar-refractivity contribution in [2.45, 2.75) is 26.8 Å². The fourth-order valence-corrected chi connectivity index (χ4v) is 1.71. The predicted molar refractivity (Wildman–Crippen MR) is 65.1 cm³/mol. The Kier molecular flexibility index (Phi) is 3.10. The Morgan fingerprint density at radius 2 is 2.11 bits per heavy atom. The number of aromatic nitrogens is 4. The zero-order valence-corrected chi connectivity index (χ0v) is 10.5. The fraction of sp³-hybridized carbons (Fsp3) is 0.333. The summed E-state index contributed by atoms with van der Waals surface area (Å²) in [5, 5.41) is 20.3. The molecular formula is C12H14N4O2. The highest BCUT2D eigenvalue weighted by Crippen LogP contribution is 2.23. The lowest BCUT2D eigenvalue weighted by molar-refractivity contribution is -0.140. The molecule has 6 heteroatoms. The van der Waals surface area contributed by atoms with E-state index in [0.717, 1.165) is 16.7 Å². The molecule has 2 rings (SSSR count). The van der Waals surface area contributed by atoms with Gasteiger partial charge in [0.25, 0.3) is 0 Å². The first kappa shape index (κ1) is 12.2. The Labute approximate surface area is 104 Å². The summed E-state index contributed by atoms with van der Waals surface area (Å²) in [6.45, 7) is 5.46. The van der Waals surface area contributed by atoms with Crippen molar-refractivity contribution in [2.75, 3.05) is 0 Å². The van der Waals surface area contributed by atoms with Crippen molar-refractivity contribution in [2.24, 2.45) is 0 Å². The summed E-state index contributed by atoms with van der Waals surface area (Å²) >= 11 is 0. The Hall–Kier alpha value is -2.24. The predicted octanol–water partition coefficient (Wildman–Crippen LogP) is 1.60. The topological polar surface area (TPSA) is 80.9 Å². The molecule has 94 valence electrons. The van der Waals surface area contributed by atoms with Gasteiger partial charge in [0.05, 0.1) is 0 Å².